The molecule has 1 N–H and O–H groups in total. The molecule has 0 bridgehead atoms. The van der Waals surface area contributed by atoms with Crippen molar-refractivity contribution < 1.29 is 23.1 Å². The SMILES string of the molecule is O=C1NS(=O)(=O)c2cc([N+](=O)[O-])cc([N+](=O)[O-])c21. The number of nitro benzene ring substituents is 2. The van der Waals surface area contributed by atoms with E-state index in [9.17, 15) is 33.4 Å². The van der Waals surface area contributed by atoms with Gasteiger partial charge in [-0.1, -0.05) is 0 Å². The maximum absolute atomic E-state index is 11.4. The number of hydrogen-bond acceptors (Lipinski definition) is 7. The number of amides is 1. The molecule has 94 valence electrons. The summed E-state index contributed by atoms with van der Waals surface area (Å²) >= 11 is 0. The van der Waals surface area contributed by atoms with Crippen molar-refractivity contribution in [3.05, 3.63) is 37.9 Å². The number of fused-ring (bicyclic) bond motifs is 1. The second-order valence-electron chi connectivity index (χ2n) is 3.29. The quantitative estimate of drug-likeness (QED) is 0.585. The molecule has 0 saturated heterocycles. The smallest absolute Gasteiger partial charge is 0.268 e. The molecule has 0 aliphatic carbocycles. The maximum Gasteiger partial charge on any atom is 0.290 e. The molecule has 0 unspecified atom stereocenters. The Bertz CT molecular complexity index is 708. The van der Waals surface area contributed by atoms with Crippen LogP contribution in [-0.2, 0) is 10.0 Å². The number of carbonyl (C=O) groups is 1. The van der Waals surface area contributed by atoms with Crippen LogP contribution in [0.25, 0.3) is 0 Å². The van der Waals surface area contributed by atoms with Crippen molar-refractivity contribution in [3.63, 3.8) is 0 Å². The Kier molecular flexibility index (Phi) is 2.29. The van der Waals surface area contributed by atoms with Crippen LogP contribution in [0.3, 0.4) is 0 Å². The molecule has 1 aliphatic heterocycles. The first-order chi connectivity index (χ1) is 8.24. The van der Waals surface area contributed by atoms with E-state index < -0.39 is 47.6 Å². The van der Waals surface area contributed by atoms with Crippen LogP contribution in [0.2, 0.25) is 0 Å². The minimum atomic E-state index is -4.28. The molecule has 0 aromatic heterocycles. The van der Waals surface area contributed by atoms with Gasteiger partial charge in [-0.3, -0.25) is 25.0 Å². The average Bonchev–Trinajstić information content (AvgIpc) is 2.48. The molecule has 1 aromatic rings. The third-order valence-corrected chi connectivity index (χ3v) is 3.57. The van der Waals surface area contributed by atoms with Gasteiger partial charge in [-0.05, 0) is 0 Å². The molecule has 1 heterocycles. The van der Waals surface area contributed by atoms with E-state index in [2.05, 4.69) is 0 Å². The first kappa shape index (κ1) is 11.9. The largest absolute Gasteiger partial charge is 0.290 e. The summed E-state index contributed by atoms with van der Waals surface area (Å²) in [6.45, 7) is 0. The van der Waals surface area contributed by atoms with Gasteiger partial charge in [0.2, 0.25) is 0 Å². The topological polar surface area (TPSA) is 150 Å². The minimum absolute atomic E-state index is 0.541. The number of rotatable bonds is 2. The number of nitro groups is 2. The molecule has 0 fully saturated rings. The molecule has 0 atom stereocenters. The summed E-state index contributed by atoms with van der Waals surface area (Å²) in [5, 5.41) is 21.3. The zero-order chi connectivity index (χ0) is 13.7. The number of hydrogen-bond donors (Lipinski definition) is 1. The lowest BCUT2D eigenvalue weighted by Gasteiger charge is -1.97. The highest BCUT2D eigenvalue weighted by molar-refractivity contribution is 7.90. The van der Waals surface area contributed by atoms with E-state index in [1.165, 1.54) is 4.72 Å². The van der Waals surface area contributed by atoms with Gasteiger partial charge in [-0.15, -0.1) is 0 Å². The Balaban J connectivity index is 2.90. The van der Waals surface area contributed by atoms with Gasteiger partial charge >= 0.3 is 0 Å². The summed E-state index contributed by atoms with van der Waals surface area (Å²) < 4.78 is 24.4. The number of sulfonamides is 1. The lowest BCUT2D eigenvalue weighted by atomic mass is 10.1. The van der Waals surface area contributed by atoms with Crippen molar-refractivity contribution in [2.75, 3.05) is 0 Å². The third kappa shape index (κ3) is 1.57. The Morgan fingerprint density at radius 1 is 1.11 bits per heavy atom. The maximum atomic E-state index is 11.4. The second kappa shape index (κ2) is 3.46. The Hall–Kier alpha value is -2.56. The van der Waals surface area contributed by atoms with Crippen molar-refractivity contribution in [2.24, 2.45) is 0 Å². The van der Waals surface area contributed by atoms with Crippen molar-refractivity contribution in [3.8, 4) is 0 Å². The predicted octanol–water partition coefficient (Wildman–Crippen LogP) is -0.0649. The lowest BCUT2D eigenvalue weighted by Crippen LogP contribution is -2.21. The fraction of sp³-hybridized carbons (Fsp3) is 0. The molecule has 0 saturated carbocycles. The summed E-state index contributed by atoms with van der Waals surface area (Å²) in [5.74, 6) is -1.17. The molecule has 18 heavy (non-hydrogen) atoms. The van der Waals surface area contributed by atoms with Crippen LogP contribution in [0.4, 0.5) is 11.4 Å². The zero-order valence-corrected chi connectivity index (χ0v) is 9.13. The first-order valence-corrected chi connectivity index (χ1v) is 5.76. The second-order valence-corrected chi connectivity index (χ2v) is 4.94. The average molecular weight is 273 g/mol. The molecular formula is C7H3N3O7S. The zero-order valence-electron chi connectivity index (χ0n) is 8.32. The number of nitrogens with one attached hydrogen (secondary N) is 1. The van der Waals surface area contributed by atoms with Crippen molar-refractivity contribution in [1.29, 1.82) is 0 Å². The van der Waals surface area contributed by atoms with E-state index in [1.807, 2.05) is 0 Å². The summed E-state index contributed by atoms with van der Waals surface area (Å²) in [6, 6.07) is 1.15. The lowest BCUT2D eigenvalue weighted by molar-refractivity contribution is -0.394. The van der Waals surface area contributed by atoms with Gasteiger partial charge in [0.05, 0.1) is 15.9 Å². The fourth-order valence-corrected chi connectivity index (χ4v) is 2.70. The van der Waals surface area contributed by atoms with Crippen LogP contribution in [-0.4, -0.2) is 24.2 Å². The number of non-ortho nitro benzene ring substituents is 1. The van der Waals surface area contributed by atoms with Crippen LogP contribution >= 0.6 is 0 Å². The minimum Gasteiger partial charge on any atom is -0.268 e. The Morgan fingerprint density at radius 2 is 1.72 bits per heavy atom. The van der Waals surface area contributed by atoms with Crippen LogP contribution in [0, 0.1) is 20.2 Å². The van der Waals surface area contributed by atoms with Crippen LogP contribution in [0.1, 0.15) is 10.4 Å². The highest BCUT2D eigenvalue weighted by Crippen LogP contribution is 2.34. The fourth-order valence-electron chi connectivity index (χ4n) is 1.50. The normalized spacial score (nSPS) is 15.9. The van der Waals surface area contributed by atoms with Crippen LogP contribution in [0.5, 0.6) is 0 Å². The van der Waals surface area contributed by atoms with Crippen molar-refractivity contribution >= 4 is 27.3 Å². The number of carbonyl (C=O) groups excluding carboxylic acids is 1. The monoisotopic (exact) mass is 273 g/mol. The third-order valence-electron chi connectivity index (χ3n) is 2.22. The van der Waals surface area contributed by atoms with E-state index in [0.717, 1.165) is 0 Å². The molecule has 1 aromatic carbocycles. The van der Waals surface area contributed by atoms with E-state index in [4.69, 9.17) is 0 Å². The summed E-state index contributed by atoms with van der Waals surface area (Å²) in [4.78, 5) is 29.8. The first-order valence-electron chi connectivity index (χ1n) is 4.28. The highest BCUT2D eigenvalue weighted by Gasteiger charge is 2.41. The van der Waals surface area contributed by atoms with Crippen molar-refractivity contribution in [2.45, 2.75) is 4.90 Å². The van der Waals surface area contributed by atoms with E-state index in [-0.39, 0.29) is 0 Å². The molecule has 2 rings (SSSR count). The van der Waals surface area contributed by atoms with Gasteiger partial charge in [0.1, 0.15) is 10.5 Å². The number of nitrogens with zero attached hydrogens (tertiary/aromatic N) is 2. The standard InChI is InChI=1S/C7H3N3O7S/c11-7-6-4(10(14)15)1-3(9(12)13)2-5(6)18(16,17)8-7/h1-2H,(H,8,11). The molecule has 1 aliphatic rings. The highest BCUT2D eigenvalue weighted by atomic mass is 32.2. The van der Waals surface area contributed by atoms with Crippen LogP contribution < -0.4 is 4.72 Å². The molecule has 10 nitrogen and oxygen atoms in total. The van der Waals surface area contributed by atoms with Gasteiger partial charge in [0.25, 0.3) is 27.3 Å². The van der Waals surface area contributed by atoms with Gasteiger partial charge in [-0.25, -0.2) is 13.1 Å². The number of benzene rings is 1. The Morgan fingerprint density at radius 3 is 2.22 bits per heavy atom. The molecule has 0 spiro atoms. The summed E-state index contributed by atoms with van der Waals surface area (Å²) in [5.41, 5.74) is -2.39. The van der Waals surface area contributed by atoms with Crippen molar-refractivity contribution in [1.82, 2.24) is 4.72 Å². The van der Waals surface area contributed by atoms with Gasteiger partial charge < -0.3 is 0 Å². The molecule has 11 heteroatoms. The van der Waals surface area contributed by atoms with Gasteiger partial charge in [0, 0.05) is 6.07 Å². The Labute approximate surface area is 98.6 Å². The molecular weight excluding hydrogens is 270 g/mol. The van der Waals surface area contributed by atoms with E-state index in [0.29, 0.717) is 12.1 Å². The van der Waals surface area contributed by atoms with Gasteiger partial charge in [-0.2, -0.15) is 0 Å². The summed E-state index contributed by atoms with van der Waals surface area (Å²) in [7, 11) is -4.28. The van der Waals surface area contributed by atoms with E-state index in [1.54, 1.807) is 0 Å². The predicted molar refractivity (Wildman–Crippen MR) is 54.4 cm³/mol. The van der Waals surface area contributed by atoms with Gasteiger partial charge in [0.15, 0.2) is 0 Å². The van der Waals surface area contributed by atoms with E-state index >= 15 is 0 Å². The summed E-state index contributed by atoms with van der Waals surface area (Å²) in [6.07, 6.45) is 0. The molecule has 1 amide bonds. The molecule has 0 radical (unpaired) electrons. The van der Waals surface area contributed by atoms with Crippen LogP contribution in [0.15, 0.2) is 17.0 Å².